The molecular formula is C11H13N3S. The molecule has 0 aliphatic carbocycles. The van der Waals surface area contributed by atoms with Gasteiger partial charge in [-0.2, -0.15) is 0 Å². The number of hydrogen-bond donors (Lipinski definition) is 1. The first-order chi connectivity index (χ1) is 7.22. The molecule has 0 spiro atoms. The lowest BCUT2D eigenvalue weighted by atomic mass is 10.2. The van der Waals surface area contributed by atoms with Crippen LogP contribution in [0.25, 0.3) is 10.7 Å². The fraction of sp³-hybridized carbons (Fsp3) is 0.273. The zero-order chi connectivity index (χ0) is 10.8. The third-order valence-electron chi connectivity index (χ3n) is 2.29. The fourth-order valence-corrected chi connectivity index (χ4v) is 2.43. The molecule has 0 aliphatic rings. The van der Waals surface area contributed by atoms with Crippen LogP contribution in [0.5, 0.6) is 0 Å². The Labute approximate surface area is 93.0 Å². The van der Waals surface area contributed by atoms with Crippen molar-refractivity contribution in [1.29, 1.82) is 0 Å². The maximum atomic E-state index is 5.63. The third-order valence-corrected chi connectivity index (χ3v) is 3.48. The van der Waals surface area contributed by atoms with Crippen molar-refractivity contribution in [2.45, 2.75) is 20.4 Å². The van der Waals surface area contributed by atoms with E-state index in [0.717, 1.165) is 26.8 Å². The predicted octanol–water partition coefficient (Wildman–Crippen LogP) is 2.28. The number of aryl methyl sites for hydroxylation is 2. The number of hydrogen-bond acceptors (Lipinski definition) is 4. The summed E-state index contributed by atoms with van der Waals surface area (Å²) in [6, 6.07) is 3.98. The van der Waals surface area contributed by atoms with E-state index in [4.69, 9.17) is 5.73 Å². The highest BCUT2D eigenvalue weighted by Gasteiger charge is 2.10. The number of nitrogens with zero attached hydrogens (tertiary/aromatic N) is 2. The van der Waals surface area contributed by atoms with E-state index in [2.05, 4.69) is 9.97 Å². The Morgan fingerprint density at radius 2 is 2.20 bits per heavy atom. The molecule has 0 amide bonds. The topological polar surface area (TPSA) is 51.8 Å². The van der Waals surface area contributed by atoms with Gasteiger partial charge in [0.25, 0.3) is 0 Å². The van der Waals surface area contributed by atoms with Crippen molar-refractivity contribution in [3.63, 3.8) is 0 Å². The standard InChI is InChI=1S/C11H13N3S/c1-7-4-3-5-13-10(7)11-14-8(2)9(6-12)15-11/h3-5H,6,12H2,1-2H3. The van der Waals surface area contributed by atoms with Gasteiger partial charge in [0.2, 0.25) is 0 Å². The Bertz CT molecular complexity index is 476. The average molecular weight is 219 g/mol. The van der Waals surface area contributed by atoms with Crippen LogP contribution >= 0.6 is 11.3 Å². The second kappa shape index (κ2) is 4.08. The lowest BCUT2D eigenvalue weighted by Gasteiger charge is -1.98. The van der Waals surface area contributed by atoms with Gasteiger partial charge in [-0.1, -0.05) is 6.07 Å². The Hall–Kier alpha value is -1.26. The Kier molecular flexibility index (Phi) is 2.79. The van der Waals surface area contributed by atoms with Gasteiger partial charge in [0.1, 0.15) is 10.7 Å². The van der Waals surface area contributed by atoms with E-state index in [1.165, 1.54) is 0 Å². The first-order valence-corrected chi connectivity index (χ1v) is 5.62. The molecule has 2 aromatic rings. The van der Waals surface area contributed by atoms with Crippen LogP contribution in [0.1, 0.15) is 16.1 Å². The van der Waals surface area contributed by atoms with Crippen LogP contribution in [0.15, 0.2) is 18.3 Å². The molecule has 0 aliphatic heterocycles. The van der Waals surface area contributed by atoms with E-state index >= 15 is 0 Å². The molecule has 2 aromatic heterocycles. The Balaban J connectivity index is 2.50. The molecule has 0 saturated carbocycles. The van der Waals surface area contributed by atoms with E-state index in [0.29, 0.717) is 6.54 Å². The predicted molar refractivity (Wildman–Crippen MR) is 62.7 cm³/mol. The lowest BCUT2D eigenvalue weighted by Crippen LogP contribution is -1.94. The molecule has 0 radical (unpaired) electrons. The van der Waals surface area contributed by atoms with Crippen molar-refractivity contribution < 1.29 is 0 Å². The molecule has 3 nitrogen and oxygen atoms in total. The highest BCUT2D eigenvalue weighted by atomic mass is 32.1. The van der Waals surface area contributed by atoms with E-state index in [9.17, 15) is 0 Å². The van der Waals surface area contributed by atoms with Crippen molar-refractivity contribution in [2.75, 3.05) is 0 Å². The van der Waals surface area contributed by atoms with Crippen LogP contribution in [0, 0.1) is 13.8 Å². The number of thiazole rings is 1. The van der Waals surface area contributed by atoms with Gasteiger partial charge in [-0.3, -0.25) is 4.98 Å². The summed E-state index contributed by atoms with van der Waals surface area (Å²) in [5.41, 5.74) is 8.76. The summed E-state index contributed by atoms with van der Waals surface area (Å²) in [5.74, 6) is 0. The molecule has 15 heavy (non-hydrogen) atoms. The van der Waals surface area contributed by atoms with Crippen molar-refractivity contribution in [2.24, 2.45) is 5.73 Å². The summed E-state index contributed by atoms with van der Waals surface area (Å²) in [7, 11) is 0. The van der Waals surface area contributed by atoms with Crippen LogP contribution in [0.2, 0.25) is 0 Å². The minimum absolute atomic E-state index is 0.551. The van der Waals surface area contributed by atoms with Crippen molar-refractivity contribution >= 4 is 11.3 Å². The molecule has 2 N–H and O–H groups in total. The van der Waals surface area contributed by atoms with E-state index < -0.39 is 0 Å². The fourth-order valence-electron chi connectivity index (χ4n) is 1.43. The highest BCUT2D eigenvalue weighted by Crippen LogP contribution is 2.27. The number of nitrogens with two attached hydrogens (primary N) is 1. The smallest absolute Gasteiger partial charge is 0.142 e. The van der Waals surface area contributed by atoms with Gasteiger partial charge in [-0.25, -0.2) is 4.98 Å². The summed E-state index contributed by atoms with van der Waals surface area (Å²) in [5, 5.41) is 0.964. The maximum Gasteiger partial charge on any atom is 0.142 e. The molecule has 2 rings (SSSR count). The molecule has 2 heterocycles. The van der Waals surface area contributed by atoms with Gasteiger partial charge in [-0.15, -0.1) is 11.3 Å². The monoisotopic (exact) mass is 219 g/mol. The van der Waals surface area contributed by atoms with E-state index in [-0.39, 0.29) is 0 Å². The normalized spacial score (nSPS) is 10.6. The number of aromatic nitrogens is 2. The molecule has 0 bridgehead atoms. The second-order valence-electron chi connectivity index (χ2n) is 3.40. The van der Waals surface area contributed by atoms with Crippen LogP contribution < -0.4 is 5.73 Å². The maximum absolute atomic E-state index is 5.63. The van der Waals surface area contributed by atoms with Crippen molar-refractivity contribution in [3.05, 3.63) is 34.5 Å². The first-order valence-electron chi connectivity index (χ1n) is 4.80. The van der Waals surface area contributed by atoms with E-state index in [1.54, 1.807) is 17.5 Å². The summed E-state index contributed by atoms with van der Waals surface area (Å²) in [6.45, 7) is 4.58. The molecule has 0 atom stereocenters. The van der Waals surface area contributed by atoms with Gasteiger partial charge in [0.15, 0.2) is 0 Å². The first kappa shape index (κ1) is 10.3. The van der Waals surface area contributed by atoms with Crippen LogP contribution in [0.4, 0.5) is 0 Å². The van der Waals surface area contributed by atoms with Gasteiger partial charge >= 0.3 is 0 Å². The van der Waals surface area contributed by atoms with Crippen LogP contribution in [0.3, 0.4) is 0 Å². The summed E-state index contributed by atoms with van der Waals surface area (Å²) in [4.78, 5) is 9.97. The zero-order valence-electron chi connectivity index (χ0n) is 8.82. The van der Waals surface area contributed by atoms with Crippen molar-refractivity contribution in [3.8, 4) is 10.7 Å². The van der Waals surface area contributed by atoms with Gasteiger partial charge < -0.3 is 5.73 Å². The molecule has 0 fully saturated rings. The molecule has 0 aromatic carbocycles. The second-order valence-corrected chi connectivity index (χ2v) is 4.48. The minimum atomic E-state index is 0.551. The summed E-state index contributed by atoms with van der Waals surface area (Å²) >= 11 is 1.63. The molecule has 0 saturated heterocycles. The van der Waals surface area contributed by atoms with E-state index in [1.807, 2.05) is 26.0 Å². The Morgan fingerprint density at radius 1 is 1.40 bits per heavy atom. The minimum Gasteiger partial charge on any atom is -0.326 e. The largest absolute Gasteiger partial charge is 0.326 e. The van der Waals surface area contributed by atoms with Crippen LogP contribution in [-0.4, -0.2) is 9.97 Å². The van der Waals surface area contributed by atoms with Crippen LogP contribution in [-0.2, 0) is 6.54 Å². The quantitative estimate of drug-likeness (QED) is 0.843. The third kappa shape index (κ3) is 1.91. The molecule has 78 valence electrons. The van der Waals surface area contributed by atoms with Crippen molar-refractivity contribution in [1.82, 2.24) is 9.97 Å². The summed E-state index contributed by atoms with van der Waals surface area (Å²) < 4.78 is 0. The molecular weight excluding hydrogens is 206 g/mol. The van der Waals surface area contributed by atoms with Gasteiger partial charge in [0.05, 0.1) is 5.69 Å². The number of pyridine rings is 1. The average Bonchev–Trinajstić information content (AvgIpc) is 2.60. The highest BCUT2D eigenvalue weighted by molar-refractivity contribution is 7.15. The zero-order valence-corrected chi connectivity index (χ0v) is 9.64. The lowest BCUT2D eigenvalue weighted by molar-refractivity contribution is 1.06. The van der Waals surface area contributed by atoms with Gasteiger partial charge in [0, 0.05) is 17.6 Å². The SMILES string of the molecule is Cc1cccnc1-c1nc(C)c(CN)s1. The van der Waals surface area contributed by atoms with Gasteiger partial charge in [-0.05, 0) is 25.5 Å². The molecule has 4 heteroatoms. The summed E-state index contributed by atoms with van der Waals surface area (Å²) in [6.07, 6.45) is 1.79. The molecule has 0 unspecified atom stereocenters. The number of rotatable bonds is 2. The Morgan fingerprint density at radius 3 is 2.80 bits per heavy atom.